The highest BCUT2D eigenvalue weighted by atomic mass is 32.1. The van der Waals surface area contributed by atoms with E-state index < -0.39 is 12.0 Å². The maximum absolute atomic E-state index is 13.0. The molecule has 1 aromatic heterocycles. The van der Waals surface area contributed by atoms with Gasteiger partial charge in [0.1, 0.15) is 10.7 Å². The van der Waals surface area contributed by atoms with Crippen molar-refractivity contribution in [1.29, 1.82) is 0 Å². The summed E-state index contributed by atoms with van der Waals surface area (Å²) in [4.78, 5) is 28.9. The molecule has 29 heavy (non-hydrogen) atoms. The zero-order valence-corrected chi connectivity index (χ0v) is 16.8. The van der Waals surface area contributed by atoms with Crippen molar-refractivity contribution in [1.82, 2.24) is 4.98 Å². The topological polar surface area (TPSA) is 98.8 Å². The Morgan fingerprint density at radius 1 is 0.931 bits per heavy atom. The fourth-order valence-electron chi connectivity index (χ4n) is 2.62. The molecule has 0 atom stereocenters. The van der Waals surface area contributed by atoms with Gasteiger partial charge in [0.25, 0.3) is 5.91 Å². The van der Waals surface area contributed by atoms with Crippen LogP contribution in [0.4, 0.5) is 14.9 Å². The molecule has 2 N–H and O–H groups in total. The van der Waals surface area contributed by atoms with Crippen molar-refractivity contribution in [3.63, 3.8) is 0 Å². The number of carbonyl (C=O) groups is 2. The molecule has 1 heterocycles. The normalized spacial score (nSPS) is 10.2. The molecule has 0 aliphatic rings. The van der Waals surface area contributed by atoms with Crippen LogP contribution in [0.3, 0.4) is 0 Å². The van der Waals surface area contributed by atoms with Crippen molar-refractivity contribution in [3.05, 3.63) is 54.1 Å². The van der Waals surface area contributed by atoms with Gasteiger partial charge in [0, 0.05) is 5.56 Å². The predicted molar refractivity (Wildman–Crippen MR) is 111 cm³/mol. The first-order valence-corrected chi connectivity index (χ1v) is 9.32. The zero-order chi connectivity index (χ0) is 20.8. The van der Waals surface area contributed by atoms with Crippen molar-refractivity contribution < 1.29 is 23.8 Å². The Morgan fingerprint density at radius 3 is 2.34 bits per heavy atom. The second-order valence-corrected chi connectivity index (χ2v) is 6.67. The minimum absolute atomic E-state index is 0.295. The minimum atomic E-state index is -0.647. The number of nitrogens with zero attached hydrogens (tertiary/aromatic N) is 1. The number of hydrogen-bond acceptors (Lipinski definition) is 7. The highest BCUT2D eigenvalue weighted by Crippen LogP contribution is 2.37. The smallest absolute Gasteiger partial charge is 0.413 e. The number of carbonyl (C=O) groups excluding carboxylic acids is 2. The Bertz CT molecular complexity index is 1020. The Balaban J connectivity index is 1.98. The van der Waals surface area contributed by atoms with E-state index in [1.165, 1.54) is 21.3 Å². The molecule has 2 amide bonds. The first kappa shape index (κ1) is 20.2. The Morgan fingerprint density at radius 2 is 1.69 bits per heavy atom. The van der Waals surface area contributed by atoms with Crippen molar-refractivity contribution >= 4 is 33.5 Å². The number of nitrogens with one attached hydrogen (secondary N) is 2. The standard InChI is InChI=1S/C20H19N3O5S/c1-26-14-11-7-10-13(16(14)27-2)17(24)22-18-15(12-8-5-4-6-9-12)21-19(29-18)23-20(25)28-3/h4-11H,1-3H3,(H,22,24)(H,21,23,25). The Labute approximate surface area is 171 Å². The molecule has 8 nitrogen and oxygen atoms in total. The van der Waals surface area contributed by atoms with Crippen molar-refractivity contribution in [2.75, 3.05) is 32.0 Å². The lowest BCUT2D eigenvalue weighted by atomic mass is 10.1. The summed E-state index contributed by atoms with van der Waals surface area (Å²) in [7, 11) is 4.23. The molecule has 0 aliphatic carbocycles. The van der Waals surface area contributed by atoms with E-state index in [9.17, 15) is 9.59 Å². The van der Waals surface area contributed by atoms with Crippen LogP contribution >= 0.6 is 11.3 Å². The number of amides is 2. The summed E-state index contributed by atoms with van der Waals surface area (Å²) in [6.45, 7) is 0. The van der Waals surface area contributed by atoms with E-state index in [0.717, 1.165) is 16.9 Å². The maximum atomic E-state index is 13.0. The van der Waals surface area contributed by atoms with Gasteiger partial charge >= 0.3 is 6.09 Å². The third kappa shape index (κ3) is 4.46. The van der Waals surface area contributed by atoms with Gasteiger partial charge in [-0.3, -0.25) is 10.1 Å². The van der Waals surface area contributed by atoms with Crippen LogP contribution in [-0.4, -0.2) is 38.3 Å². The van der Waals surface area contributed by atoms with E-state index in [-0.39, 0.29) is 0 Å². The largest absolute Gasteiger partial charge is 0.493 e. The van der Waals surface area contributed by atoms with E-state index in [2.05, 4.69) is 20.4 Å². The SMILES string of the molecule is COC(=O)Nc1nc(-c2ccccc2)c(NC(=O)c2cccc(OC)c2OC)s1. The number of hydrogen-bond donors (Lipinski definition) is 2. The molecule has 3 aromatic rings. The van der Waals surface area contributed by atoms with Crippen molar-refractivity contribution in [2.24, 2.45) is 0 Å². The van der Waals surface area contributed by atoms with Gasteiger partial charge in [0.05, 0.1) is 26.9 Å². The summed E-state index contributed by atoms with van der Waals surface area (Å²) in [5, 5.41) is 6.14. The molecule has 3 rings (SSSR count). The monoisotopic (exact) mass is 413 g/mol. The van der Waals surface area contributed by atoms with Crippen molar-refractivity contribution in [2.45, 2.75) is 0 Å². The van der Waals surface area contributed by atoms with Gasteiger partial charge < -0.3 is 19.5 Å². The van der Waals surface area contributed by atoms with Crippen LogP contribution in [-0.2, 0) is 4.74 Å². The molecule has 0 radical (unpaired) electrons. The quantitative estimate of drug-likeness (QED) is 0.627. The van der Waals surface area contributed by atoms with E-state index in [1.54, 1.807) is 18.2 Å². The van der Waals surface area contributed by atoms with E-state index in [1.807, 2.05) is 30.3 Å². The van der Waals surface area contributed by atoms with E-state index in [4.69, 9.17) is 9.47 Å². The average Bonchev–Trinajstić information content (AvgIpc) is 3.15. The number of thiazole rings is 1. The Hall–Kier alpha value is -3.59. The minimum Gasteiger partial charge on any atom is -0.493 e. The first-order valence-electron chi connectivity index (χ1n) is 8.51. The molecule has 2 aromatic carbocycles. The highest BCUT2D eigenvalue weighted by Gasteiger charge is 2.21. The number of aromatic nitrogens is 1. The van der Waals surface area contributed by atoms with E-state index >= 15 is 0 Å². The summed E-state index contributed by atoms with van der Waals surface area (Å²) in [6, 6.07) is 14.4. The average molecular weight is 413 g/mol. The second-order valence-electron chi connectivity index (χ2n) is 5.67. The summed E-state index contributed by atoms with van der Waals surface area (Å²) < 4.78 is 15.2. The molecule has 0 bridgehead atoms. The van der Waals surface area contributed by atoms with Crippen LogP contribution in [0.1, 0.15) is 10.4 Å². The number of benzene rings is 2. The maximum Gasteiger partial charge on any atom is 0.413 e. The van der Waals surface area contributed by atoms with Gasteiger partial charge in [-0.1, -0.05) is 47.7 Å². The second kappa shape index (κ2) is 9.07. The number of ether oxygens (including phenoxy) is 3. The van der Waals surface area contributed by atoms with Gasteiger partial charge in [-0.25, -0.2) is 9.78 Å². The fraction of sp³-hybridized carbons (Fsp3) is 0.150. The molecule has 0 spiro atoms. The van der Waals surface area contributed by atoms with Gasteiger partial charge in [0.2, 0.25) is 0 Å². The van der Waals surface area contributed by atoms with E-state index in [0.29, 0.717) is 32.9 Å². The number of rotatable bonds is 6. The lowest BCUT2D eigenvalue weighted by Gasteiger charge is -2.12. The lowest BCUT2D eigenvalue weighted by molar-refractivity contribution is 0.102. The molecule has 9 heteroatoms. The summed E-state index contributed by atoms with van der Waals surface area (Å²) in [5.74, 6) is 0.373. The molecular formula is C20H19N3O5S. The number of methoxy groups -OCH3 is 3. The van der Waals surface area contributed by atoms with Gasteiger partial charge in [-0.05, 0) is 12.1 Å². The third-order valence-electron chi connectivity index (χ3n) is 3.94. The fourth-order valence-corrected chi connectivity index (χ4v) is 3.49. The van der Waals surface area contributed by atoms with Crippen molar-refractivity contribution in [3.8, 4) is 22.8 Å². The number of para-hydroxylation sites is 1. The molecule has 0 unspecified atom stereocenters. The van der Waals surface area contributed by atoms with Crippen LogP contribution in [0.15, 0.2) is 48.5 Å². The summed E-state index contributed by atoms with van der Waals surface area (Å²) in [6.07, 6.45) is -0.647. The van der Waals surface area contributed by atoms with Gasteiger partial charge in [-0.15, -0.1) is 0 Å². The first-order chi connectivity index (χ1) is 14.1. The molecular weight excluding hydrogens is 394 g/mol. The third-order valence-corrected chi connectivity index (χ3v) is 4.83. The molecule has 150 valence electrons. The predicted octanol–water partition coefficient (Wildman–Crippen LogP) is 4.26. The molecule has 0 saturated carbocycles. The van der Waals surface area contributed by atoms with Gasteiger partial charge in [-0.2, -0.15) is 0 Å². The highest BCUT2D eigenvalue weighted by molar-refractivity contribution is 7.20. The van der Waals surface area contributed by atoms with Crippen LogP contribution in [0.25, 0.3) is 11.3 Å². The molecule has 0 aliphatic heterocycles. The summed E-state index contributed by atoms with van der Waals surface area (Å²) in [5.41, 5.74) is 1.62. The molecule has 0 fully saturated rings. The lowest BCUT2D eigenvalue weighted by Crippen LogP contribution is -2.13. The van der Waals surface area contributed by atoms with Crippen LogP contribution in [0.5, 0.6) is 11.5 Å². The zero-order valence-electron chi connectivity index (χ0n) is 16.0. The van der Waals surface area contributed by atoms with Crippen LogP contribution in [0.2, 0.25) is 0 Å². The van der Waals surface area contributed by atoms with Gasteiger partial charge in [0.15, 0.2) is 16.6 Å². The summed E-state index contributed by atoms with van der Waals surface area (Å²) >= 11 is 1.12. The Kier molecular flexibility index (Phi) is 6.30. The molecule has 0 saturated heterocycles. The van der Waals surface area contributed by atoms with Crippen LogP contribution < -0.4 is 20.1 Å². The number of anilines is 2. The van der Waals surface area contributed by atoms with Crippen LogP contribution in [0, 0.1) is 0 Å².